The van der Waals surface area contributed by atoms with Gasteiger partial charge in [0.15, 0.2) is 0 Å². The number of aromatic nitrogens is 4. The Bertz CT molecular complexity index is 606. The van der Waals surface area contributed by atoms with Crippen LogP contribution in [-0.4, -0.2) is 20.2 Å². The highest BCUT2D eigenvalue weighted by atomic mass is 15.6. The fraction of sp³-hybridized carbons (Fsp3) is 0.133. The monoisotopic (exact) mass is 252 g/mol. The molecular formula is C15H16N4. The van der Waals surface area contributed by atoms with Gasteiger partial charge < -0.3 is 0 Å². The smallest absolute Gasteiger partial charge is 0.131 e. The van der Waals surface area contributed by atoms with Crippen molar-refractivity contribution in [2.75, 3.05) is 0 Å². The Balaban J connectivity index is 2.34. The number of hydrogen-bond acceptors (Lipinski definition) is 3. The number of tetrazole rings is 1. The molecule has 0 radical (unpaired) electrons. The molecule has 0 spiro atoms. The first-order chi connectivity index (χ1) is 9.35. The first kappa shape index (κ1) is 13.0. The van der Waals surface area contributed by atoms with Gasteiger partial charge in [0, 0.05) is 5.56 Å². The fourth-order valence-electron chi connectivity index (χ4n) is 1.58. The molecule has 4 nitrogen and oxygen atoms in total. The lowest BCUT2D eigenvalue weighted by Crippen LogP contribution is -1.99. The van der Waals surface area contributed by atoms with Crippen LogP contribution in [-0.2, 0) is 0 Å². The van der Waals surface area contributed by atoms with E-state index in [4.69, 9.17) is 0 Å². The summed E-state index contributed by atoms with van der Waals surface area (Å²) in [4.78, 5) is 1.53. The Morgan fingerprint density at radius 1 is 1.11 bits per heavy atom. The molecule has 0 unspecified atom stereocenters. The van der Waals surface area contributed by atoms with Crippen molar-refractivity contribution in [3.05, 3.63) is 60.7 Å². The third-order valence-corrected chi connectivity index (χ3v) is 2.47. The molecule has 1 aromatic carbocycles. The maximum absolute atomic E-state index is 4.39. The molecule has 4 heteroatoms. The van der Waals surface area contributed by atoms with Crippen LogP contribution in [0.3, 0.4) is 0 Å². The van der Waals surface area contributed by atoms with Gasteiger partial charge in [-0.2, -0.15) is 0 Å². The maximum Gasteiger partial charge on any atom is 0.205 e. The standard InChI is InChI=1S/C15H16N4/c1-3-5-12-14(9-4-2)19-17-15(16-18-19)13-10-7-6-8-11-13/h3-12H,1-2H3/b5-3-,9-4-,14-12+. The van der Waals surface area contributed by atoms with Crippen LogP contribution in [0.5, 0.6) is 0 Å². The minimum atomic E-state index is 0.622. The highest BCUT2D eigenvalue weighted by molar-refractivity contribution is 5.59. The van der Waals surface area contributed by atoms with E-state index < -0.39 is 0 Å². The van der Waals surface area contributed by atoms with E-state index in [1.165, 1.54) is 4.80 Å². The SMILES string of the molecule is C\C=C/C=C(\C=C/C)n1nnc(-c2ccccc2)n1. The van der Waals surface area contributed by atoms with E-state index in [1.807, 2.05) is 74.6 Å². The summed E-state index contributed by atoms with van der Waals surface area (Å²) >= 11 is 0. The second-order valence-electron chi connectivity index (χ2n) is 3.89. The Morgan fingerprint density at radius 3 is 2.58 bits per heavy atom. The van der Waals surface area contributed by atoms with Crippen LogP contribution in [0.15, 0.2) is 60.7 Å². The van der Waals surface area contributed by atoms with Crippen molar-refractivity contribution in [2.24, 2.45) is 0 Å². The summed E-state index contributed by atoms with van der Waals surface area (Å²) in [5, 5.41) is 12.6. The summed E-state index contributed by atoms with van der Waals surface area (Å²) < 4.78 is 0. The van der Waals surface area contributed by atoms with Gasteiger partial charge in [0.2, 0.25) is 5.82 Å². The molecule has 0 aliphatic heterocycles. The average molecular weight is 252 g/mol. The zero-order valence-corrected chi connectivity index (χ0v) is 11.1. The molecule has 2 aromatic rings. The minimum Gasteiger partial charge on any atom is -0.131 e. The van der Waals surface area contributed by atoms with Gasteiger partial charge in [-0.25, -0.2) is 0 Å². The highest BCUT2D eigenvalue weighted by Gasteiger charge is 2.06. The van der Waals surface area contributed by atoms with Gasteiger partial charge in [0.05, 0.1) is 5.70 Å². The van der Waals surface area contributed by atoms with E-state index in [0.717, 1.165) is 11.3 Å². The van der Waals surface area contributed by atoms with E-state index in [0.29, 0.717) is 5.82 Å². The van der Waals surface area contributed by atoms with Crippen molar-refractivity contribution in [3.63, 3.8) is 0 Å². The molecule has 19 heavy (non-hydrogen) atoms. The summed E-state index contributed by atoms with van der Waals surface area (Å²) in [6.45, 7) is 3.92. The Labute approximate surface area is 112 Å². The van der Waals surface area contributed by atoms with Crippen LogP contribution < -0.4 is 0 Å². The van der Waals surface area contributed by atoms with Gasteiger partial charge in [-0.3, -0.25) is 0 Å². The quantitative estimate of drug-likeness (QED) is 0.784. The number of hydrogen-bond donors (Lipinski definition) is 0. The van der Waals surface area contributed by atoms with Gasteiger partial charge in [-0.05, 0) is 31.2 Å². The molecule has 0 saturated carbocycles. The van der Waals surface area contributed by atoms with Crippen molar-refractivity contribution in [3.8, 4) is 11.4 Å². The Hall–Kier alpha value is -2.49. The molecule has 0 N–H and O–H groups in total. The molecule has 0 aliphatic carbocycles. The van der Waals surface area contributed by atoms with Gasteiger partial charge >= 0.3 is 0 Å². The first-order valence-electron chi connectivity index (χ1n) is 6.16. The molecular weight excluding hydrogens is 236 g/mol. The zero-order valence-electron chi connectivity index (χ0n) is 11.1. The first-order valence-corrected chi connectivity index (χ1v) is 6.16. The predicted molar refractivity (Wildman–Crippen MR) is 77.2 cm³/mol. The van der Waals surface area contributed by atoms with Crippen molar-refractivity contribution in [1.29, 1.82) is 0 Å². The zero-order chi connectivity index (χ0) is 13.5. The normalized spacial score (nSPS) is 12.6. The third kappa shape index (κ3) is 3.25. The van der Waals surface area contributed by atoms with E-state index in [1.54, 1.807) is 0 Å². The third-order valence-electron chi connectivity index (χ3n) is 2.47. The van der Waals surface area contributed by atoms with Crippen LogP contribution >= 0.6 is 0 Å². The summed E-state index contributed by atoms with van der Waals surface area (Å²) in [5.41, 5.74) is 1.83. The second kappa shape index (κ2) is 6.44. The number of rotatable bonds is 4. The largest absolute Gasteiger partial charge is 0.205 e. The van der Waals surface area contributed by atoms with E-state index in [9.17, 15) is 0 Å². The molecule has 1 heterocycles. The number of benzene rings is 1. The molecule has 0 saturated heterocycles. The topological polar surface area (TPSA) is 43.6 Å². The fourth-order valence-corrected chi connectivity index (χ4v) is 1.58. The molecule has 96 valence electrons. The molecule has 1 aromatic heterocycles. The summed E-state index contributed by atoms with van der Waals surface area (Å²) in [5.74, 6) is 0.622. The predicted octanol–water partition coefficient (Wildman–Crippen LogP) is 3.33. The van der Waals surface area contributed by atoms with E-state index >= 15 is 0 Å². The minimum absolute atomic E-state index is 0.622. The molecule has 0 fully saturated rings. The Kier molecular flexibility index (Phi) is 4.39. The van der Waals surface area contributed by atoms with Gasteiger partial charge in [-0.1, -0.05) is 48.6 Å². The van der Waals surface area contributed by atoms with Crippen molar-refractivity contribution < 1.29 is 0 Å². The van der Waals surface area contributed by atoms with Gasteiger partial charge in [0.25, 0.3) is 0 Å². The van der Waals surface area contributed by atoms with Crippen molar-refractivity contribution >= 4 is 5.70 Å². The van der Waals surface area contributed by atoms with Crippen LogP contribution in [0.25, 0.3) is 17.1 Å². The van der Waals surface area contributed by atoms with Crippen molar-refractivity contribution in [1.82, 2.24) is 20.2 Å². The number of allylic oxidation sites excluding steroid dienone is 6. The summed E-state index contributed by atoms with van der Waals surface area (Å²) in [6, 6.07) is 9.81. The van der Waals surface area contributed by atoms with Gasteiger partial charge in [-0.15, -0.1) is 15.0 Å². The van der Waals surface area contributed by atoms with Crippen LogP contribution in [0.1, 0.15) is 13.8 Å². The molecule has 2 rings (SSSR count). The molecule has 0 amide bonds. The van der Waals surface area contributed by atoms with Crippen LogP contribution in [0.4, 0.5) is 0 Å². The lowest BCUT2D eigenvalue weighted by molar-refractivity contribution is 0.741. The summed E-state index contributed by atoms with van der Waals surface area (Å²) in [6.07, 6.45) is 9.73. The average Bonchev–Trinajstić information content (AvgIpc) is 2.94. The Morgan fingerprint density at radius 2 is 1.89 bits per heavy atom. The lowest BCUT2D eigenvalue weighted by Gasteiger charge is -1.97. The second-order valence-corrected chi connectivity index (χ2v) is 3.89. The highest BCUT2D eigenvalue weighted by Crippen LogP contribution is 2.13. The molecule has 0 atom stereocenters. The number of nitrogens with zero attached hydrogens (tertiary/aromatic N) is 4. The molecule has 0 aliphatic rings. The summed E-state index contributed by atoms with van der Waals surface area (Å²) in [7, 11) is 0. The van der Waals surface area contributed by atoms with Crippen LogP contribution in [0, 0.1) is 0 Å². The van der Waals surface area contributed by atoms with Crippen LogP contribution in [0.2, 0.25) is 0 Å². The van der Waals surface area contributed by atoms with Crippen molar-refractivity contribution in [2.45, 2.75) is 13.8 Å². The lowest BCUT2D eigenvalue weighted by atomic mass is 10.2. The maximum atomic E-state index is 4.39. The van der Waals surface area contributed by atoms with E-state index in [-0.39, 0.29) is 0 Å². The van der Waals surface area contributed by atoms with Gasteiger partial charge in [0.1, 0.15) is 0 Å². The molecule has 0 bridgehead atoms. The van der Waals surface area contributed by atoms with E-state index in [2.05, 4.69) is 15.4 Å².